The summed E-state index contributed by atoms with van der Waals surface area (Å²) >= 11 is 0. The lowest BCUT2D eigenvalue weighted by Crippen LogP contribution is -2.12. The maximum Gasteiger partial charge on any atom is 0.333 e. The molecule has 0 rings (SSSR count). The van der Waals surface area contributed by atoms with E-state index in [2.05, 4.69) is 6.58 Å². The Kier molecular flexibility index (Phi) is 17.2. The van der Waals surface area contributed by atoms with Crippen LogP contribution in [0.1, 0.15) is 21.8 Å². The van der Waals surface area contributed by atoms with Crippen molar-refractivity contribution in [3.63, 3.8) is 0 Å². The van der Waals surface area contributed by atoms with E-state index in [0.717, 1.165) is 0 Å². The van der Waals surface area contributed by atoms with Crippen molar-refractivity contribution in [1.82, 2.24) is 0 Å². The molecule has 15 heavy (non-hydrogen) atoms. The summed E-state index contributed by atoms with van der Waals surface area (Å²) < 4.78 is 14.6. The predicted molar refractivity (Wildman–Crippen MR) is 61.9 cm³/mol. The summed E-state index contributed by atoms with van der Waals surface area (Å²) in [6.45, 7) is 6.77. The fraction of sp³-hybridized carbons (Fsp3) is 0.727. The van der Waals surface area contributed by atoms with Crippen LogP contribution < -0.4 is 0 Å². The molecular formula is C11H24O4. The Morgan fingerprint density at radius 3 is 2.13 bits per heavy atom. The number of methoxy groups -OCH3 is 1. The van der Waals surface area contributed by atoms with Gasteiger partial charge in [0.2, 0.25) is 0 Å². The van der Waals surface area contributed by atoms with Gasteiger partial charge in [-0.05, 0) is 6.92 Å². The summed E-state index contributed by atoms with van der Waals surface area (Å²) in [5.74, 6) is -0.379. The predicted octanol–water partition coefficient (Wildman–Crippen LogP) is 2.04. The zero-order valence-corrected chi connectivity index (χ0v) is 8.17. The Bertz CT molecular complexity index is 166. The molecule has 0 aromatic carbocycles. The molecule has 0 heterocycles. The monoisotopic (exact) mass is 220 g/mol. The maximum atomic E-state index is 10.8. The lowest BCUT2D eigenvalue weighted by atomic mass is 10.4. The van der Waals surface area contributed by atoms with Crippen molar-refractivity contribution in [2.75, 3.05) is 33.5 Å². The van der Waals surface area contributed by atoms with Gasteiger partial charge in [0, 0.05) is 12.7 Å². The fourth-order valence-electron chi connectivity index (χ4n) is 0.561. The van der Waals surface area contributed by atoms with Crippen molar-refractivity contribution in [3.8, 4) is 0 Å². The van der Waals surface area contributed by atoms with Crippen LogP contribution in [0.3, 0.4) is 0 Å². The number of carbonyl (C=O) groups excluding carboxylic acids is 1. The van der Waals surface area contributed by atoms with Gasteiger partial charge in [-0.3, -0.25) is 0 Å². The second kappa shape index (κ2) is 13.1. The number of ether oxygens (including phenoxy) is 3. The standard InChI is InChI=1S/C9H16O4.2CH4/c1-8(2)9(10)13-7-6-12-5-4-11-3;;/h1,4-7H2,2-3H3;2*1H4. The molecule has 0 amide bonds. The fourth-order valence-corrected chi connectivity index (χ4v) is 0.561. The lowest BCUT2D eigenvalue weighted by molar-refractivity contribution is -0.140. The highest BCUT2D eigenvalue weighted by Crippen LogP contribution is 1.91. The molecule has 92 valence electrons. The second-order valence-electron chi connectivity index (χ2n) is 2.52. The smallest absolute Gasteiger partial charge is 0.333 e. The topological polar surface area (TPSA) is 44.8 Å². The largest absolute Gasteiger partial charge is 0.460 e. The Labute approximate surface area is 93.2 Å². The zero-order chi connectivity index (χ0) is 10.1. The molecule has 4 nitrogen and oxygen atoms in total. The average molecular weight is 220 g/mol. The normalized spacial score (nSPS) is 8.40. The molecule has 0 aliphatic carbocycles. The molecule has 0 atom stereocenters. The van der Waals surface area contributed by atoms with E-state index in [1.807, 2.05) is 0 Å². The minimum atomic E-state index is -0.379. The van der Waals surface area contributed by atoms with E-state index in [-0.39, 0.29) is 27.4 Å². The van der Waals surface area contributed by atoms with Gasteiger partial charge in [-0.1, -0.05) is 21.4 Å². The third-order valence-corrected chi connectivity index (χ3v) is 1.24. The van der Waals surface area contributed by atoms with E-state index in [1.165, 1.54) is 0 Å². The van der Waals surface area contributed by atoms with E-state index in [4.69, 9.17) is 14.2 Å². The van der Waals surface area contributed by atoms with E-state index in [0.29, 0.717) is 25.4 Å². The van der Waals surface area contributed by atoms with Crippen LogP contribution in [-0.4, -0.2) is 39.5 Å². The molecule has 0 aliphatic rings. The van der Waals surface area contributed by atoms with E-state index >= 15 is 0 Å². The van der Waals surface area contributed by atoms with Crippen molar-refractivity contribution in [2.45, 2.75) is 21.8 Å². The summed E-state index contributed by atoms with van der Waals surface area (Å²) in [6, 6.07) is 0. The highest BCUT2D eigenvalue weighted by atomic mass is 16.6. The zero-order valence-electron chi connectivity index (χ0n) is 8.17. The Hall–Kier alpha value is -0.870. The van der Waals surface area contributed by atoms with Crippen molar-refractivity contribution in [1.29, 1.82) is 0 Å². The summed E-state index contributed by atoms with van der Waals surface area (Å²) in [5.41, 5.74) is 0.400. The van der Waals surface area contributed by atoms with Crippen LogP contribution in [0, 0.1) is 0 Å². The number of esters is 1. The lowest BCUT2D eigenvalue weighted by Gasteiger charge is -2.04. The van der Waals surface area contributed by atoms with Crippen LogP contribution in [0.25, 0.3) is 0 Å². The summed E-state index contributed by atoms with van der Waals surface area (Å²) in [5, 5.41) is 0. The van der Waals surface area contributed by atoms with Crippen molar-refractivity contribution in [2.24, 2.45) is 0 Å². The molecule has 0 aromatic rings. The molecule has 0 unspecified atom stereocenters. The van der Waals surface area contributed by atoms with Gasteiger partial charge < -0.3 is 14.2 Å². The first-order valence-corrected chi connectivity index (χ1v) is 4.07. The van der Waals surface area contributed by atoms with Gasteiger partial charge in [0.05, 0.1) is 19.8 Å². The number of rotatable bonds is 7. The second-order valence-corrected chi connectivity index (χ2v) is 2.52. The molecule has 0 aromatic heterocycles. The first kappa shape index (κ1) is 19.7. The Morgan fingerprint density at radius 2 is 1.67 bits per heavy atom. The van der Waals surface area contributed by atoms with Gasteiger partial charge in [-0.15, -0.1) is 0 Å². The minimum absolute atomic E-state index is 0. The van der Waals surface area contributed by atoms with Crippen LogP contribution in [0.5, 0.6) is 0 Å². The van der Waals surface area contributed by atoms with Crippen molar-refractivity contribution >= 4 is 5.97 Å². The number of hydrogen-bond donors (Lipinski definition) is 0. The van der Waals surface area contributed by atoms with Crippen LogP contribution in [0.2, 0.25) is 0 Å². The number of hydrogen-bond acceptors (Lipinski definition) is 4. The first-order valence-electron chi connectivity index (χ1n) is 4.07. The molecule has 4 heteroatoms. The summed E-state index contributed by atoms with van der Waals surface area (Å²) in [7, 11) is 1.60. The summed E-state index contributed by atoms with van der Waals surface area (Å²) in [6.07, 6.45) is 0. The molecule has 0 bridgehead atoms. The van der Waals surface area contributed by atoms with E-state index in [1.54, 1.807) is 14.0 Å². The molecule has 0 radical (unpaired) electrons. The molecule has 0 fully saturated rings. The molecule has 0 aliphatic heterocycles. The molecule has 0 spiro atoms. The Balaban J connectivity index is -0.000000720. The van der Waals surface area contributed by atoms with Gasteiger partial charge in [-0.2, -0.15) is 0 Å². The average Bonchev–Trinajstić information content (AvgIpc) is 2.10. The molecule has 0 saturated carbocycles. The highest BCUT2D eigenvalue weighted by Gasteiger charge is 2.01. The van der Waals surface area contributed by atoms with Crippen molar-refractivity contribution in [3.05, 3.63) is 12.2 Å². The quantitative estimate of drug-likeness (QED) is 0.374. The van der Waals surface area contributed by atoms with Gasteiger partial charge in [0.1, 0.15) is 6.61 Å². The minimum Gasteiger partial charge on any atom is -0.460 e. The first-order chi connectivity index (χ1) is 6.18. The number of carbonyl (C=O) groups is 1. The van der Waals surface area contributed by atoms with Gasteiger partial charge >= 0.3 is 5.97 Å². The van der Waals surface area contributed by atoms with Crippen LogP contribution >= 0.6 is 0 Å². The van der Waals surface area contributed by atoms with E-state index in [9.17, 15) is 4.79 Å². The highest BCUT2D eigenvalue weighted by molar-refractivity contribution is 5.86. The van der Waals surface area contributed by atoms with Crippen LogP contribution in [0.4, 0.5) is 0 Å². The van der Waals surface area contributed by atoms with Crippen LogP contribution in [-0.2, 0) is 19.0 Å². The van der Waals surface area contributed by atoms with Crippen molar-refractivity contribution < 1.29 is 19.0 Å². The van der Waals surface area contributed by atoms with Gasteiger partial charge in [-0.25, -0.2) is 4.79 Å². The Morgan fingerprint density at radius 1 is 1.13 bits per heavy atom. The van der Waals surface area contributed by atoms with Gasteiger partial charge in [0.25, 0.3) is 0 Å². The summed E-state index contributed by atoms with van der Waals surface area (Å²) in [4.78, 5) is 10.8. The van der Waals surface area contributed by atoms with E-state index < -0.39 is 0 Å². The maximum absolute atomic E-state index is 10.8. The van der Waals surface area contributed by atoms with Crippen LogP contribution in [0.15, 0.2) is 12.2 Å². The third kappa shape index (κ3) is 13.1. The third-order valence-electron chi connectivity index (χ3n) is 1.24. The molecular weight excluding hydrogens is 196 g/mol. The molecule has 0 saturated heterocycles. The molecule has 0 N–H and O–H groups in total. The van der Waals surface area contributed by atoms with Gasteiger partial charge in [0.15, 0.2) is 0 Å². The SMILES string of the molecule is C.C.C=C(C)C(=O)OCCOCCOC.